The number of benzene rings is 1. The second-order valence-electron chi connectivity index (χ2n) is 8.31. The van der Waals surface area contributed by atoms with Crippen LogP contribution in [0.25, 0.3) is 22.6 Å². The topological polar surface area (TPSA) is 131 Å². The molecule has 1 aromatic carbocycles. The third-order valence-corrected chi connectivity index (χ3v) is 5.87. The van der Waals surface area contributed by atoms with Crippen molar-refractivity contribution in [1.29, 1.82) is 0 Å². The molecule has 3 aromatic heterocycles. The SMILES string of the molecule is Cc1noc2nc(-c3ccco3)cc(C(=O)NN3C(=O)N[C@@](C)(CCc4ccccc4)C3=O)c12. The summed E-state index contributed by atoms with van der Waals surface area (Å²) >= 11 is 0. The number of urea groups is 1. The standard InChI is InChI=1S/C24H21N5O5/c1-14-19-16(13-17(18-9-6-12-33-18)25-21(19)34-28-14)20(30)27-29-22(31)24(2,26-23(29)32)11-10-15-7-4-3-5-8-15/h3-9,12-13H,10-11H2,1-2H3,(H,26,32)(H,27,30)/t24-/m0/s1. The van der Waals surface area contributed by atoms with Gasteiger partial charge in [0.15, 0.2) is 5.76 Å². The number of carbonyl (C=O) groups is 3. The highest BCUT2D eigenvalue weighted by atomic mass is 16.5. The van der Waals surface area contributed by atoms with Crippen LogP contribution in [-0.4, -0.2) is 38.5 Å². The summed E-state index contributed by atoms with van der Waals surface area (Å²) in [6.07, 6.45) is 2.44. The smallest absolute Gasteiger partial charge is 0.344 e. The molecule has 0 spiro atoms. The average Bonchev–Trinajstić information content (AvgIpc) is 3.55. The van der Waals surface area contributed by atoms with Gasteiger partial charge in [0.2, 0.25) is 0 Å². The molecule has 5 rings (SSSR count). The molecule has 0 aliphatic carbocycles. The van der Waals surface area contributed by atoms with E-state index in [1.54, 1.807) is 26.0 Å². The molecule has 34 heavy (non-hydrogen) atoms. The molecule has 10 heteroatoms. The summed E-state index contributed by atoms with van der Waals surface area (Å²) in [5.74, 6) is -0.795. The Balaban J connectivity index is 1.40. The Morgan fingerprint density at radius 1 is 1.18 bits per heavy atom. The fraction of sp³-hybridized carbons (Fsp3) is 0.208. The van der Waals surface area contributed by atoms with E-state index in [4.69, 9.17) is 8.94 Å². The molecule has 2 N–H and O–H groups in total. The fourth-order valence-corrected chi connectivity index (χ4v) is 3.98. The minimum atomic E-state index is -1.15. The van der Waals surface area contributed by atoms with Crippen LogP contribution in [0.1, 0.15) is 35.0 Å². The molecule has 0 radical (unpaired) electrons. The Labute approximate surface area is 193 Å². The van der Waals surface area contributed by atoms with Gasteiger partial charge < -0.3 is 14.3 Å². The van der Waals surface area contributed by atoms with Crippen molar-refractivity contribution in [1.82, 2.24) is 25.9 Å². The summed E-state index contributed by atoms with van der Waals surface area (Å²) in [6, 6.07) is 13.8. The fourth-order valence-electron chi connectivity index (χ4n) is 3.98. The number of pyridine rings is 1. The lowest BCUT2D eigenvalue weighted by molar-refractivity contribution is -0.132. The molecule has 4 aromatic rings. The van der Waals surface area contributed by atoms with E-state index in [-0.39, 0.29) is 11.3 Å². The van der Waals surface area contributed by atoms with Gasteiger partial charge in [0.05, 0.1) is 22.9 Å². The lowest BCUT2D eigenvalue weighted by Gasteiger charge is -2.21. The first kappa shape index (κ1) is 21.4. The van der Waals surface area contributed by atoms with Crippen molar-refractivity contribution in [2.75, 3.05) is 0 Å². The first-order chi connectivity index (χ1) is 16.4. The minimum absolute atomic E-state index is 0.140. The predicted molar refractivity (Wildman–Crippen MR) is 120 cm³/mol. The quantitative estimate of drug-likeness (QED) is 0.423. The average molecular weight is 459 g/mol. The van der Waals surface area contributed by atoms with Gasteiger partial charge in [-0.25, -0.2) is 9.78 Å². The first-order valence-corrected chi connectivity index (χ1v) is 10.7. The van der Waals surface area contributed by atoms with E-state index in [2.05, 4.69) is 20.9 Å². The highest BCUT2D eigenvalue weighted by Crippen LogP contribution is 2.28. The molecule has 4 amide bonds. The Morgan fingerprint density at radius 3 is 2.71 bits per heavy atom. The maximum atomic E-state index is 13.3. The third-order valence-electron chi connectivity index (χ3n) is 5.87. The number of rotatable bonds is 6. The maximum Gasteiger partial charge on any atom is 0.344 e. The van der Waals surface area contributed by atoms with Gasteiger partial charge in [0, 0.05) is 0 Å². The number of nitrogens with one attached hydrogen (secondary N) is 2. The Hall–Kier alpha value is -4.47. The molecule has 1 aliphatic heterocycles. The number of amides is 4. The number of imide groups is 1. The summed E-state index contributed by atoms with van der Waals surface area (Å²) in [6.45, 7) is 3.32. The number of fused-ring (bicyclic) bond motifs is 1. The zero-order valence-corrected chi connectivity index (χ0v) is 18.5. The van der Waals surface area contributed by atoms with E-state index < -0.39 is 23.4 Å². The molecule has 10 nitrogen and oxygen atoms in total. The van der Waals surface area contributed by atoms with Crippen molar-refractivity contribution in [3.63, 3.8) is 0 Å². The lowest BCUT2D eigenvalue weighted by Crippen LogP contribution is -2.49. The molecule has 4 heterocycles. The molecule has 1 saturated heterocycles. The molecule has 1 aliphatic rings. The van der Waals surface area contributed by atoms with Gasteiger partial charge in [-0.1, -0.05) is 35.5 Å². The number of nitrogens with zero attached hydrogens (tertiary/aromatic N) is 3. The molecule has 0 bridgehead atoms. The Morgan fingerprint density at radius 2 is 1.97 bits per heavy atom. The number of hydrogen-bond acceptors (Lipinski definition) is 7. The van der Waals surface area contributed by atoms with E-state index in [0.717, 1.165) is 10.6 Å². The van der Waals surface area contributed by atoms with Crippen LogP contribution < -0.4 is 10.7 Å². The van der Waals surface area contributed by atoms with Crippen LogP contribution in [0.3, 0.4) is 0 Å². The predicted octanol–water partition coefficient (Wildman–Crippen LogP) is 3.38. The normalized spacial score (nSPS) is 17.9. The van der Waals surface area contributed by atoms with Crippen LogP contribution in [0.4, 0.5) is 4.79 Å². The molecular weight excluding hydrogens is 438 g/mol. The van der Waals surface area contributed by atoms with Crippen molar-refractivity contribution in [2.24, 2.45) is 0 Å². The molecule has 172 valence electrons. The molecule has 1 fully saturated rings. The molecular formula is C24H21N5O5. The summed E-state index contributed by atoms with van der Waals surface area (Å²) < 4.78 is 10.6. The Bertz CT molecular complexity index is 1400. The van der Waals surface area contributed by atoms with Crippen molar-refractivity contribution in [3.8, 4) is 11.5 Å². The van der Waals surface area contributed by atoms with E-state index in [1.165, 1.54) is 12.3 Å². The number of hydrazine groups is 1. The number of carbonyl (C=O) groups excluding carboxylic acids is 3. The number of furan rings is 1. The monoisotopic (exact) mass is 459 g/mol. The maximum absolute atomic E-state index is 13.3. The minimum Gasteiger partial charge on any atom is -0.463 e. The molecule has 1 atom stereocenters. The summed E-state index contributed by atoms with van der Waals surface area (Å²) in [4.78, 5) is 43.4. The van der Waals surface area contributed by atoms with Gasteiger partial charge in [-0.05, 0) is 50.5 Å². The van der Waals surface area contributed by atoms with Gasteiger partial charge in [-0.2, -0.15) is 5.01 Å². The summed E-state index contributed by atoms with van der Waals surface area (Å²) in [7, 11) is 0. The lowest BCUT2D eigenvalue weighted by atomic mass is 9.93. The largest absolute Gasteiger partial charge is 0.463 e. The van der Waals surface area contributed by atoms with E-state index in [9.17, 15) is 14.4 Å². The van der Waals surface area contributed by atoms with Gasteiger partial charge in [0.25, 0.3) is 17.5 Å². The summed E-state index contributed by atoms with van der Waals surface area (Å²) in [5.41, 5.74) is 3.41. The Kier molecular flexibility index (Phi) is 5.12. The van der Waals surface area contributed by atoms with Crippen LogP contribution >= 0.6 is 0 Å². The van der Waals surface area contributed by atoms with Crippen molar-refractivity contribution >= 4 is 28.9 Å². The van der Waals surface area contributed by atoms with Crippen LogP contribution in [0.5, 0.6) is 0 Å². The zero-order valence-electron chi connectivity index (χ0n) is 18.5. The highest BCUT2D eigenvalue weighted by Gasteiger charge is 2.48. The van der Waals surface area contributed by atoms with Gasteiger partial charge in [0.1, 0.15) is 11.2 Å². The third kappa shape index (κ3) is 3.68. The highest BCUT2D eigenvalue weighted by molar-refractivity contribution is 6.12. The second-order valence-corrected chi connectivity index (χ2v) is 8.31. The van der Waals surface area contributed by atoms with E-state index in [0.29, 0.717) is 35.4 Å². The molecule has 0 saturated carbocycles. The van der Waals surface area contributed by atoms with Crippen LogP contribution in [0, 0.1) is 6.92 Å². The van der Waals surface area contributed by atoms with Crippen molar-refractivity contribution < 1.29 is 23.3 Å². The van der Waals surface area contributed by atoms with Crippen molar-refractivity contribution in [3.05, 3.63) is 71.6 Å². The van der Waals surface area contributed by atoms with Gasteiger partial charge in [-0.3, -0.25) is 15.0 Å². The zero-order chi connectivity index (χ0) is 23.9. The van der Waals surface area contributed by atoms with Crippen LogP contribution in [-0.2, 0) is 11.2 Å². The molecule has 0 unspecified atom stereocenters. The van der Waals surface area contributed by atoms with Crippen LogP contribution in [0.2, 0.25) is 0 Å². The number of hydrogen-bond donors (Lipinski definition) is 2. The van der Waals surface area contributed by atoms with Crippen LogP contribution in [0.15, 0.2) is 63.7 Å². The number of aromatic nitrogens is 2. The van der Waals surface area contributed by atoms with Gasteiger partial charge >= 0.3 is 6.03 Å². The number of aryl methyl sites for hydroxylation is 2. The second kappa shape index (κ2) is 8.14. The first-order valence-electron chi connectivity index (χ1n) is 10.7. The summed E-state index contributed by atoms with van der Waals surface area (Å²) in [5, 5.41) is 7.69. The van der Waals surface area contributed by atoms with E-state index in [1.807, 2.05) is 30.3 Å². The van der Waals surface area contributed by atoms with Crippen molar-refractivity contribution in [2.45, 2.75) is 32.2 Å². The van der Waals surface area contributed by atoms with Gasteiger partial charge in [-0.15, -0.1) is 0 Å². The van der Waals surface area contributed by atoms with E-state index >= 15 is 0 Å².